The van der Waals surface area contributed by atoms with Gasteiger partial charge in [0.2, 0.25) is 0 Å². The Balaban J connectivity index is 1.75. The predicted octanol–water partition coefficient (Wildman–Crippen LogP) is 5.84. The van der Waals surface area contributed by atoms with Gasteiger partial charge in [-0.15, -0.1) is 0 Å². The molecule has 0 aliphatic carbocycles. The van der Waals surface area contributed by atoms with Crippen molar-refractivity contribution >= 4 is 30.8 Å². The number of amides is 1. The van der Waals surface area contributed by atoms with E-state index in [-0.39, 0.29) is 5.04 Å². The van der Waals surface area contributed by atoms with E-state index in [1.165, 1.54) is 22.4 Å². The van der Waals surface area contributed by atoms with E-state index in [2.05, 4.69) is 69.3 Å². The summed E-state index contributed by atoms with van der Waals surface area (Å²) in [6.45, 7) is 15.2. The highest BCUT2D eigenvalue weighted by Crippen LogP contribution is 2.37. The monoisotopic (exact) mass is 551 g/mol. The fourth-order valence-corrected chi connectivity index (χ4v) is 10.1. The molecule has 7 heteroatoms. The zero-order valence-corrected chi connectivity index (χ0v) is 25.9. The molecule has 0 N–H and O–H groups in total. The van der Waals surface area contributed by atoms with Gasteiger partial charge in [0, 0.05) is 13.2 Å². The standard InChI is InChI=1S/C32H45NO5Si/c1-24-23-33(30(35)38-31(2,3)4)28(29(34)36-8)27(24)21-15-16-22-37-39(32(5,6)7,25-17-11-9-12-18-25)26-19-13-10-14-20-26/h9-14,17-20,28H,15-16,21-23H2,1-8H3/t28-/m0/s1. The molecule has 0 radical (unpaired) electrons. The van der Waals surface area contributed by atoms with Crippen LogP contribution in [0.4, 0.5) is 4.79 Å². The number of nitrogens with zero attached hydrogens (tertiary/aromatic N) is 1. The molecule has 1 atom stereocenters. The Hall–Kier alpha value is -2.90. The third kappa shape index (κ3) is 7.00. The molecule has 1 amide bonds. The van der Waals surface area contributed by atoms with Crippen LogP contribution in [-0.4, -0.2) is 57.2 Å². The quantitative estimate of drug-likeness (QED) is 0.170. The summed E-state index contributed by atoms with van der Waals surface area (Å²) in [5, 5.41) is 2.44. The number of rotatable bonds is 9. The molecule has 2 aromatic rings. The van der Waals surface area contributed by atoms with Crippen molar-refractivity contribution in [1.29, 1.82) is 0 Å². The average molecular weight is 552 g/mol. The van der Waals surface area contributed by atoms with E-state index in [0.29, 0.717) is 19.6 Å². The lowest BCUT2D eigenvalue weighted by molar-refractivity contribution is -0.144. The van der Waals surface area contributed by atoms with E-state index in [1.807, 2.05) is 39.8 Å². The van der Waals surface area contributed by atoms with Gasteiger partial charge in [0.05, 0.1) is 7.11 Å². The van der Waals surface area contributed by atoms with Crippen molar-refractivity contribution in [3.8, 4) is 0 Å². The lowest BCUT2D eigenvalue weighted by atomic mass is 9.99. The maximum atomic E-state index is 12.9. The first-order valence-electron chi connectivity index (χ1n) is 13.8. The van der Waals surface area contributed by atoms with E-state index < -0.39 is 32.0 Å². The van der Waals surface area contributed by atoms with Gasteiger partial charge in [-0.1, -0.05) is 87.0 Å². The van der Waals surface area contributed by atoms with Crippen LogP contribution in [0.5, 0.6) is 0 Å². The molecule has 0 bridgehead atoms. The van der Waals surface area contributed by atoms with Crippen molar-refractivity contribution in [1.82, 2.24) is 4.90 Å². The molecule has 0 fully saturated rings. The van der Waals surface area contributed by atoms with Crippen LogP contribution in [0.3, 0.4) is 0 Å². The van der Waals surface area contributed by atoms with Crippen LogP contribution in [0.1, 0.15) is 67.7 Å². The minimum absolute atomic E-state index is 0.0792. The maximum absolute atomic E-state index is 12.9. The van der Waals surface area contributed by atoms with Gasteiger partial charge in [-0.25, -0.2) is 9.59 Å². The number of hydrogen-bond acceptors (Lipinski definition) is 5. The van der Waals surface area contributed by atoms with Crippen molar-refractivity contribution < 1.29 is 23.5 Å². The van der Waals surface area contributed by atoms with Gasteiger partial charge in [0.1, 0.15) is 5.60 Å². The van der Waals surface area contributed by atoms with Gasteiger partial charge in [-0.3, -0.25) is 4.90 Å². The molecule has 39 heavy (non-hydrogen) atoms. The summed E-state index contributed by atoms with van der Waals surface area (Å²) in [6.07, 6.45) is 1.86. The van der Waals surface area contributed by atoms with Crippen LogP contribution in [0, 0.1) is 0 Å². The highest BCUT2D eigenvalue weighted by atomic mass is 28.4. The molecule has 0 aromatic heterocycles. The number of hydrogen-bond donors (Lipinski definition) is 0. The third-order valence-corrected chi connectivity index (χ3v) is 12.3. The van der Waals surface area contributed by atoms with Gasteiger partial charge in [0.15, 0.2) is 6.04 Å². The summed E-state index contributed by atoms with van der Waals surface area (Å²) in [5.74, 6) is -0.434. The number of unbranched alkanes of at least 4 members (excludes halogenated alkanes) is 1. The summed E-state index contributed by atoms with van der Waals surface area (Å²) in [4.78, 5) is 27.1. The zero-order valence-electron chi connectivity index (χ0n) is 24.9. The van der Waals surface area contributed by atoms with Crippen molar-refractivity contribution in [2.45, 2.75) is 84.4 Å². The molecule has 212 valence electrons. The minimum Gasteiger partial charge on any atom is -0.467 e. The summed E-state index contributed by atoms with van der Waals surface area (Å²) < 4.78 is 17.7. The first-order valence-corrected chi connectivity index (χ1v) is 15.7. The van der Waals surface area contributed by atoms with Crippen LogP contribution in [0.25, 0.3) is 0 Å². The summed E-state index contributed by atoms with van der Waals surface area (Å²) >= 11 is 0. The Morgan fingerprint density at radius 2 is 1.44 bits per heavy atom. The van der Waals surface area contributed by atoms with Crippen LogP contribution in [0.15, 0.2) is 71.8 Å². The van der Waals surface area contributed by atoms with Crippen molar-refractivity contribution in [2.75, 3.05) is 20.3 Å². The number of carbonyl (C=O) groups is 2. The highest BCUT2D eigenvalue weighted by Gasteiger charge is 2.50. The second-order valence-corrected chi connectivity index (χ2v) is 16.6. The lowest BCUT2D eigenvalue weighted by Gasteiger charge is -2.43. The molecule has 0 spiro atoms. The SMILES string of the molecule is COC(=O)[C@@H]1C(CCCCO[Si](c2ccccc2)(c2ccccc2)C(C)(C)C)=C(C)CN1C(=O)OC(C)(C)C. The van der Waals surface area contributed by atoms with Crippen LogP contribution in [-0.2, 0) is 18.7 Å². The van der Waals surface area contributed by atoms with E-state index in [1.54, 1.807) is 0 Å². The summed E-state index contributed by atoms with van der Waals surface area (Å²) in [6, 6.07) is 20.5. The van der Waals surface area contributed by atoms with Crippen molar-refractivity contribution in [2.24, 2.45) is 0 Å². The number of benzene rings is 2. The first-order chi connectivity index (χ1) is 18.3. The Labute approximate surface area is 235 Å². The Bertz CT molecular complexity index is 1110. The molecule has 0 saturated heterocycles. The van der Waals surface area contributed by atoms with Crippen LogP contribution < -0.4 is 10.4 Å². The summed E-state index contributed by atoms with van der Waals surface area (Å²) in [5.41, 5.74) is 1.31. The molecule has 1 aliphatic heterocycles. The van der Waals surface area contributed by atoms with Crippen LogP contribution >= 0.6 is 0 Å². The fraction of sp³-hybridized carbons (Fsp3) is 0.500. The molecule has 1 heterocycles. The number of esters is 1. The van der Waals surface area contributed by atoms with Gasteiger partial charge in [0.25, 0.3) is 8.32 Å². The first kappa shape index (κ1) is 30.6. The topological polar surface area (TPSA) is 65.1 Å². The third-order valence-electron chi connectivity index (χ3n) is 7.23. The largest absolute Gasteiger partial charge is 0.467 e. The molecule has 0 saturated carbocycles. The van der Waals surface area contributed by atoms with Crippen molar-refractivity contribution in [3.05, 3.63) is 71.8 Å². The molecular formula is C32H45NO5Si. The normalized spacial score (nSPS) is 16.4. The smallest absolute Gasteiger partial charge is 0.411 e. The second kappa shape index (κ2) is 12.5. The lowest BCUT2D eigenvalue weighted by Crippen LogP contribution is -2.66. The second-order valence-electron chi connectivity index (χ2n) is 12.3. The Kier molecular flexibility index (Phi) is 9.83. The summed E-state index contributed by atoms with van der Waals surface area (Å²) in [7, 11) is -1.23. The molecule has 6 nitrogen and oxygen atoms in total. The minimum atomic E-state index is -2.59. The number of ether oxygens (including phenoxy) is 2. The maximum Gasteiger partial charge on any atom is 0.411 e. The van der Waals surface area contributed by atoms with E-state index in [0.717, 1.165) is 24.0 Å². The number of carbonyl (C=O) groups excluding carboxylic acids is 2. The van der Waals surface area contributed by atoms with E-state index in [4.69, 9.17) is 13.9 Å². The van der Waals surface area contributed by atoms with Gasteiger partial charge in [-0.2, -0.15) is 0 Å². The Morgan fingerprint density at radius 1 is 0.897 bits per heavy atom. The highest BCUT2D eigenvalue weighted by molar-refractivity contribution is 6.99. The zero-order chi connectivity index (χ0) is 28.8. The van der Waals surface area contributed by atoms with Crippen LogP contribution in [0.2, 0.25) is 5.04 Å². The average Bonchev–Trinajstić information content (AvgIpc) is 3.21. The Morgan fingerprint density at radius 3 is 1.90 bits per heavy atom. The fourth-order valence-electron chi connectivity index (χ4n) is 5.50. The van der Waals surface area contributed by atoms with Crippen molar-refractivity contribution in [3.63, 3.8) is 0 Å². The molecule has 2 aromatic carbocycles. The molecular weight excluding hydrogens is 506 g/mol. The predicted molar refractivity (Wildman–Crippen MR) is 159 cm³/mol. The van der Waals surface area contributed by atoms with Gasteiger partial charge in [-0.05, 0) is 67.9 Å². The van der Waals surface area contributed by atoms with Gasteiger partial charge >= 0.3 is 12.1 Å². The van der Waals surface area contributed by atoms with E-state index >= 15 is 0 Å². The van der Waals surface area contributed by atoms with E-state index in [9.17, 15) is 9.59 Å². The molecule has 3 rings (SSSR count). The molecule has 0 unspecified atom stereocenters. The molecule has 1 aliphatic rings. The number of methoxy groups -OCH3 is 1. The van der Waals surface area contributed by atoms with Gasteiger partial charge < -0.3 is 13.9 Å².